The second kappa shape index (κ2) is 3.90. The second-order valence-corrected chi connectivity index (χ2v) is 9.01. The minimum Gasteiger partial charge on any atom is -0.263 e. The minimum absolute atomic E-state index is 0.0575. The summed E-state index contributed by atoms with van der Waals surface area (Å²) in [6, 6.07) is 6.97. The van der Waals surface area contributed by atoms with Gasteiger partial charge in [0.25, 0.3) is 10.1 Å². The van der Waals surface area contributed by atoms with Crippen LogP contribution in [0.4, 0.5) is 0 Å². The van der Waals surface area contributed by atoms with E-state index in [9.17, 15) is 8.42 Å². The van der Waals surface area contributed by atoms with Gasteiger partial charge in [0.2, 0.25) is 0 Å². The first-order valence-corrected chi connectivity index (χ1v) is 9.47. The Labute approximate surface area is 125 Å². The van der Waals surface area contributed by atoms with Gasteiger partial charge in [0.15, 0.2) is 0 Å². The van der Waals surface area contributed by atoms with Gasteiger partial charge in [-0.25, -0.2) is 0 Å². The van der Waals surface area contributed by atoms with Gasteiger partial charge in [-0.15, -0.1) is 0 Å². The molecule has 1 aromatic rings. The van der Waals surface area contributed by atoms with Crippen LogP contribution in [0.5, 0.6) is 0 Å². The predicted molar refractivity (Wildman–Crippen MR) is 78.0 cm³/mol. The first kappa shape index (κ1) is 12.7. The van der Waals surface area contributed by atoms with E-state index in [0.717, 1.165) is 41.6 Å². The van der Waals surface area contributed by atoms with E-state index < -0.39 is 10.1 Å². The Morgan fingerprint density at radius 2 is 1.67 bits per heavy atom. The Balaban J connectivity index is 1.40. The molecule has 4 fully saturated rings. The van der Waals surface area contributed by atoms with Crippen LogP contribution in [0.3, 0.4) is 0 Å². The van der Waals surface area contributed by atoms with Crippen LogP contribution in [0.2, 0.25) is 0 Å². The van der Waals surface area contributed by atoms with Crippen LogP contribution >= 0.6 is 0 Å². The SMILES string of the molecule is Cc1ccc(S(=O)(=O)O[C@@H]2C[C@@H]3[C@@H]4CC[C@H]5[C@@H]4[C@@H]3[C@@H]52)cc1. The first-order chi connectivity index (χ1) is 10.1. The summed E-state index contributed by atoms with van der Waals surface area (Å²) in [7, 11) is -3.60. The summed E-state index contributed by atoms with van der Waals surface area (Å²) >= 11 is 0. The molecule has 4 aliphatic carbocycles. The van der Waals surface area contributed by atoms with Crippen LogP contribution in [0, 0.1) is 42.4 Å². The molecule has 112 valence electrons. The summed E-state index contributed by atoms with van der Waals surface area (Å²) < 4.78 is 30.6. The number of rotatable bonds is 3. The zero-order valence-corrected chi connectivity index (χ0v) is 12.9. The van der Waals surface area contributed by atoms with Crippen molar-refractivity contribution < 1.29 is 12.6 Å². The molecule has 0 N–H and O–H groups in total. The molecule has 0 aromatic heterocycles. The third-order valence-electron chi connectivity index (χ3n) is 6.74. The summed E-state index contributed by atoms with van der Waals surface area (Å²) in [5.41, 5.74) is 1.06. The van der Waals surface area contributed by atoms with Crippen molar-refractivity contribution in [3.63, 3.8) is 0 Å². The van der Waals surface area contributed by atoms with Crippen molar-refractivity contribution in [1.29, 1.82) is 0 Å². The smallest absolute Gasteiger partial charge is 0.263 e. The van der Waals surface area contributed by atoms with Gasteiger partial charge in [-0.2, -0.15) is 8.42 Å². The predicted octanol–water partition coefficient (Wildman–Crippen LogP) is 2.99. The molecule has 0 heterocycles. The molecule has 4 heteroatoms. The topological polar surface area (TPSA) is 43.4 Å². The Morgan fingerprint density at radius 1 is 0.952 bits per heavy atom. The van der Waals surface area contributed by atoms with Crippen molar-refractivity contribution in [1.82, 2.24) is 0 Å². The number of hydrogen-bond acceptors (Lipinski definition) is 3. The van der Waals surface area contributed by atoms with Gasteiger partial charge < -0.3 is 0 Å². The lowest BCUT2D eigenvalue weighted by atomic mass is 9.45. The molecule has 1 aromatic carbocycles. The maximum atomic E-state index is 12.5. The Morgan fingerprint density at radius 3 is 2.43 bits per heavy atom. The highest BCUT2D eigenvalue weighted by molar-refractivity contribution is 7.86. The molecule has 0 saturated heterocycles. The quantitative estimate of drug-likeness (QED) is 0.806. The van der Waals surface area contributed by atoms with Gasteiger partial charge in [0.1, 0.15) is 0 Å². The van der Waals surface area contributed by atoms with Crippen molar-refractivity contribution in [3.8, 4) is 0 Å². The van der Waals surface area contributed by atoms with Crippen molar-refractivity contribution >= 4 is 10.1 Å². The molecule has 5 rings (SSSR count). The molecule has 4 saturated carbocycles. The molecule has 3 nitrogen and oxygen atoms in total. The Bertz CT molecular complexity index is 682. The fourth-order valence-electron chi connectivity index (χ4n) is 6.02. The van der Waals surface area contributed by atoms with Crippen LogP contribution in [-0.4, -0.2) is 14.5 Å². The zero-order valence-electron chi connectivity index (χ0n) is 12.1. The maximum absolute atomic E-state index is 12.5. The van der Waals surface area contributed by atoms with Crippen molar-refractivity contribution in [2.45, 2.75) is 37.2 Å². The van der Waals surface area contributed by atoms with E-state index in [1.54, 1.807) is 12.1 Å². The minimum atomic E-state index is -3.60. The van der Waals surface area contributed by atoms with Crippen LogP contribution < -0.4 is 0 Å². The summed E-state index contributed by atoms with van der Waals surface area (Å²) in [6.45, 7) is 1.96. The van der Waals surface area contributed by atoms with Crippen molar-refractivity contribution in [3.05, 3.63) is 29.8 Å². The molecular formula is C17H20O3S. The monoisotopic (exact) mass is 304 g/mol. The fraction of sp³-hybridized carbons (Fsp3) is 0.647. The van der Waals surface area contributed by atoms with Gasteiger partial charge in [-0.05, 0) is 73.8 Å². The molecule has 21 heavy (non-hydrogen) atoms. The summed E-state index contributed by atoms with van der Waals surface area (Å²) in [5, 5.41) is 0. The van der Waals surface area contributed by atoms with E-state index >= 15 is 0 Å². The van der Waals surface area contributed by atoms with Gasteiger partial charge in [-0.1, -0.05) is 17.7 Å². The van der Waals surface area contributed by atoms with E-state index in [1.807, 2.05) is 19.1 Å². The van der Waals surface area contributed by atoms with Gasteiger partial charge in [0.05, 0.1) is 11.0 Å². The molecule has 7 atom stereocenters. The number of fused-ring (bicyclic) bond motifs is 2. The normalized spacial score (nSPS) is 45.9. The average Bonchev–Trinajstić information content (AvgIpc) is 2.67. The molecule has 0 radical (unpaired) electrons. The highest BCUT2D eigenvalue weighted by atomic mass is 32.2. The lowest BCUT2D eigenvalue weighted by Crippen LogP contribution is -2.57. The molecular weight excluding hydrogens is 284 g/mol. The molecule has 0 amide bonds. The highest BCUT2D eigenvalue weighted by Crippen LogP contribution is 2.77. The zero-order chi connectivity index (χ0) is 14.4. The molecule has 4 aliphatic rings. The van der Waals surface area contributed by atoms with Crippen LogP contribution in [0.1, 0.15) is 24.8 Å². The van der Waals surface area contributed by atoms with Gasteiger partial charge in [0, 0.05) is 0 Å². The van der Waals surface area contributed by atoms with Crippen molar-refractivity contribution in [2.75, 3.05) is 0 Å². The molecule has 0 aliphatic heterocycles. The maximum Gasteiger partial charge on any atom is 0.297 e. The third-order valence-corrected chi connectivity index (χ3v) is 8.09. The van der Waals surface area contributed by atoms with E-state index in [1.165, 1.54) is 12.8 Å². The largest absolute Gasteiger partial charge is 0.297 e. The Kier molecular flexibility index (Phi) is 2.35. The second-order valence-electron chi connectivity index (χ2n) is 7.44. The lowest BCUT2D eigenvalue weighted by Gasteiger charge is -2.59. The van der Waals surface area contributed by atoms with E-state index in [2.05, 4.69) is 0 Å². The molecule has 0 spiro atoms. The summed E-state index contributed by atoms with van der Waals surface area (Å²) in [6.07, 6.45) is 3.60. The van der Waals surface area contributed by atoms with Crippen LogP contribution in [-0.2, 0) is 14.3 Å². The van der Waals surface area contributed by atoms with Crippen LogP contribution in [0.15, 0.2) is 29.2 Å². The Hall–Kier alpha value is -0.870. The van der Waals surface area contributed by atoms with Crippen LogP contribution in [0.25, 0.3) is 0 Å². The summed E-state index contributed by atoms with van der Waals surface area (Å²) in [5.74, 6) is 4.66. The van der Waals surface area contributed by atoms with Gasteiger partial charge >= 0.3 is 0 Å². The first-order valence-electron chi connectivity index (χ1n) is 8.06. The van der Waals surface area contributed by atoms with E-state index in [4.69, 9.17) is 4.18 Å². The van der Waals surface area contributed by atoms with E-state index in [0.29, 0.717) is 10.8 Å². The van der Waals surface area contributed by atoms with E-state index in [-0.39, 0.29) is 6.10 Å². The number of aryl methyl sites for hydroxylation is 1. The third kappa shape index (κ3) is 1.50. The highest BCUT2D eigenvalue weighted by Gasteiger charge is 2.74. The summed E-state index contributed by atoms with van der Waals surface area (Å²) in [4.78, 5) is 0.299. The fourth-order valence-corrected chi connectivity index (χ4v) is 7.13. The lowest BCUT2D eigenvalue weighted by molar-refractivity contribution is -0.136. The number of hydrogen-bond donors (Lipinski definition) is 0. The molecule has 0 bridgehead atoms. The molecule has 0 unspecified atom stereocenters. The standard InChI is InChI=1S/C17H20O3S/c1-9-2-4-10(5-3-9)21(18,19)20-14-8-13-11-6-7-12-15(11)17(13)16(12)14/h2-5,11-17H,6-8H2,1H3/t11-,12-,13+,14+,15+,16-,17+/m0/s1. The number of benzene rings is 1. The average molecular weight is 304 g/mol. The van der Waals surface area contributed by atoms with Crippen molar-refractivity contribution in [2.24, 2.45) is 35.5 Å². The van der Waals surface area contributed by atoms with Gasteiger partial charge in [-0.3, -0.25) is 4.18 Å².